The highest BCUT2D eigenvalue weighted by Crippen LogP contribution is 2.27. The maximum atomic E-state index is 14.7. The van der Waals surface area contributed by atoms with Gasteiger partial charge in [-0.05, 0) is 47.4 Å². The number of benzene rings is 2. The van der Waals surface area contributed by atoms with Crippen molar-refractivity contribution in [2.75, 3.05) is 11.5 Å². The van der Waals surface area contributed by atoms with Crippen LogP contribution in [0.15, 0.2) is 48.7 Å². The molecule has 1 aliphatic rings. The van der Waals surface area contributed by atoms with Gasteiger partial charge in [-0.2, -0.15) is 5.10 Å². The van der Waals surface area contributed by atoms with Crippen molar-refractivity contribution in [2.24, 2.45) is 5.92 Å². The molecule has 0 radical (unpaired) electrons. The maximum absolute atomic E-state index is 14.7. The average molecular weight is 514 g/mol. The standard InChI is InChI=1S/C27H32FN3O4S/c1-27(2,3)21-9-8-18(14-22(21)28)15-24(32)26(19-10-12-36(34,35)13-11-19)30-25(33)17-31-23-7-5-4-6-20(23)16-29-31/h4-9,14,16,19,26H,10-13,15,17H2,1-3H3,(H,30,33). The number of carbonyl (C=O) groups excluding carboxylic acids is 2. The van der Waals surface area contributed by atoms with E-state index in [9.17, 15) is 22.4 Å². The zero-order valence-corrected chi connectivity index (χ0v) is 21.6. The Labute approximate surface area is 211 Å². The lowest BCUT2D eigenvalue weighted by molar-refractivity contribution is -0.129. The summed E-state index contributed by atoms with van der Waals surface area (Å²) in [5.74, 6) is -1.36. The van der Waals surface area contributed by atoms with Gasteiger partial charge < -0.3 is 5.32 Å². The van der Waals surface area contributed by atoms with Crippen LogP contribution in [0.5, 0.6) is 0 Å². The number of halogens is 1. The van der Waals surface area contributed by atoms with Gasteiger partial charge in [0, 0.05) is 11.8 Å². The van der Waals surface area contributed by atoms with E-state index in [1.54, 1.807) is 23.0 Å². The second-order valence-corrected chi connectivity index (χ2v) is 12.9. The number of hydrogen-bond donors (Lipinski definition) is 1. The predicted molar refractivity (Wildman–Crippen MR) is 137 cm³/mol. The van der Waals surface area contributed by atoms with Gasteiger partial charge in [-0.25, -0.2) is 12.8 Å². The molecule has 2 heterocycles. The fraction of sp³-hybridized carbons (Fsp3) is 0.444. The van der Waals surface area contributed by atoms with E-state index in [1.807, 2.05) is 45.0 Å². The SMILES string of the molecule is CC(C)(C)c1ccc(CC(=O)C(NC(=O)Cn2ncc3ccccc32)C2CCS(=O)(=O)CC2)cc1F. The quantitative estimate of drug-likeness (QED) is 0.521. The number of sulfone groups is 1. The summed E-state index contributed by atoms with van der Waals surface area (Å²) >= 11 is 0. The molecular formula is C27H32FN3O4S. The zero-order chi connectivity index (χ0) is 26.1. The fourth-order valence-electron chi connectivity index (χ4n) is 4.80. The van der Waals surface area contributed by atoms with Gasteiger partial charge in [0.15, 0.2) is 5.78 Å². The van der Waals surface area contributed by atoms with Crippen LogP contribution in [0.1, 0.15) is 44.7 Å². The first-order valence-electron chi connectivity index (χ1n) is 12.1. The van der Waals surface area contributed by atoms with Crippen molar-refractivity contribution >= 4 is 32.4 Å². The molecule has 1 fully saturated rings. The van der Waals surface area contributed by atoms with Crippen LogP contribution in [0.4, 0.5) is 4.39 Å². The van der Waals surface area contributed by atoms with Crippen molar-refractivity contribution in [1.82, 2.24) is 15.1 Å². The van der Waals surface area contributed by atoms with Gasteiger partial charge in [0.2, 0.25) is 5.91 Å². The Hall–Kier alpha value is -3.07. The van der Waals surface area contributed by atoms with E-state index >= 15 is 0 Å². The second-order valence-electron chi connectivity index (χ2n) is 10.6. The number of carbonyl (C=O) groups is 2. The average Bonchev–Trinajstić information content (AvgIpc) is 3.19. The molecule has 1 atom stereocenters. The van der Waals surface area contributed by atoms with Crippen molar-refractivity contribution in [3.05, 3.63) is 65.6 Å². The van der Waals surface area contributed by atoms with Crippen LogP contribution in [-0.2, 0) is 37.8 Å². The van der Waals surface area contributed by atoms with E-state index in [-0.39, 0.29) is 53.3 Å². The zero-order valence-electron chi connectivity index (χ0n) is 20.8. The highest BCUT2D eigenvalue weighted by Gasteiger charge is 2.34. The summed E-state index contributed by atoms with van der Waals surface area (Å²) < 4.78 is 40.2. The Bertz CT molecular complexity index is 1380. The Morgan fingerprint density at radius 3 is 2.50 bits per heavy atom. The van der Waals surface area contributed by atoms with Crippen molar-refractivity contribution in [3.8, 4) is 0 Å². The first kappa shape index (κ1) is 26.0. The third-order valence-electron chi connectivity index (χ3n) is 6.80. The van der Waals surface area contributed by atoms with E-state index in [4.69, 9.17) is 0 Å². The summed E-state index contributed by atoms with van der Waals surface area (Å²) in [7, 11) is -3.14. The van der Waals surface area contributed by atoms with Gasteiger partial charge in [0.1, 0.15) is 22.2 Å². The van der Waals surface area contributed by atoms with E-state index in [2.05, 4.69) is 10.4 Å². The molecule has 0 bridgehead atoms. The van der Waals surface area contributed by atoms with Gasteiger partial charge in [-0.15, -0.1) is 0 Å². The summed E-state index contributed by atoms with van der Waals surface area (Å²) in [5.41, 5.74) is 1.51. The van der Waals surface area contributed by atoms with Crippen LogP contribution in [-0.4, -0.2) is 47.4 Å². The summed E-state index contributed by atoms with van der Waals surface area (Å²) in [4.78, 5) is 26.4. The smallest absolute Gasteiger partial charge is 0.242 e. The number of amides is 1. The van der Waals surface area contributed by atoms with Gasteiger partial charge in [-0.1, -0.05) is 51.1 Å². The molecule has 1 amide bonds. The number of aromatic nitrogens is 2. The normalized spacial score (nSPS) is 17.1. The number of Topliss-reactive ketones (excluding diaryl/α,β-unsaturated/α-hetero) is 1. The third-order valence-corrected chi connectivity index (χ3v) is 8.51. The van der Waals surface area contributed by atoms with Crippen molar-refractivity contribution in [3.63, 3.8) is 0 Å². The number of para-hydroxylation sites is 1. The number of rotatable bonds is 7. The molecule has 1 unspecified atom stereocenters. The largest absolute Gasteiger partial charge is 0.344 e. The summed E-state index contributed by atoms with van der Waals surface area (Å²) in [6, 6.07) is 11.5. The van der Waals surface area contributed by atoms with E-state index in [1.165, 1.54) is 6.07 Å². The molecule has 1 saturated heterocycles. The molecule has 192 valence electrons. The minimum absolute atomic E-state index is 0.0178. The van der Waals surface area contributed by atoms with E-state index < -0.39 is 15.9 Å². The molecule has 7 nitrogen and oxygen atoms in total. The van der Waals surface area contributed by atoms with Crippen molar-refractivity contribution in [2.45, 2.75) is 58.0 Å². The number of hydrogen-bond acceptors (Lipinski definition) is 5. The molecule has 2 aromatic carbocycles. The summed E-state index contributed by atoms with van der Waals surface area (Å²) in [6.45, 7) is 5.68. The molecule has 9 heteroatoms. The number of nitrogens with one attached hydrogen (secondary N) is 1. The van der Waals surface area contributed by atoms with Crippen LogP contribution >= 0.6 is 0 Å². The number of fused-ring (bicyclic) bond motifs is 1. The van der Waals surface area contributed by atoms with E-state index in [0.717, 1.165) is 10.9 Å². The Morgan fingerprint density at radius 1 is 1.14 bits per heavy atom. The molecule has 1 N–H and O–H groups in total. The number of nitrogens with zero attached hydrogens (tertiary/aromatic N) is 2. The van der Waals surface area contributed by atoms with Crippen LogP contribution in [0.3, 0.4) is 0 Å². The molecule has 36 heavy (non-hydrogen) atoms. The van der Waals surface area contributed by atoms with Crippen molar-refractivity contribution in [1.29, 1.82) is 0 Å². The molecule has 1 aliphatic heterocycles. The van der Waals surface area contributed by atoms with Gasteiger partial charge in [0.25, 0.3) is 0 Å². The highest BCUT2D eigenvalue weighted by atomic mass is 32.2. The summed E-state index contributed by atoms with van der Waals surface area (Å²) in [5, 5.41) is 8.02. The van der Waals surface area contributed by atoms with Crippen LogP contribution in [0, 0.1) is 11.7 Å². The minimum Gasteiger partial charge on any atom is -0.344 e. The van der Waals surface area contributed by atoms with Crippen LogP contribution in [0.2, 0.25) is 0 Å². The van der Waals surface area contributed by atoms with Crippen LogP contribution < -0.4 is 5.32 Å². The molecule has 0 aliphatic carbocycles. The van der Waals surface area contributed by atoms with E-state index in [0.29, 0.717) is 24.0 Å². The van der Waals surface area contributed by atoms with Gasteiger partial charge >= 0.3 is 0 Å². The first-order chi connectivity index (χ1) is 16.9. The number of ketones is 1. The second kappa shape index (κ2) is 10.1. The fourth-order valence-corrected chi connectivity index (χ4v) is 6.33. The Balaban J connectivity index is 1.52. The lowest BCUT2D eigenvalue weighted by Crippen LogP contribution is -2.49. The molecule has 3 aromatic rings. The van der Waals surface area contributed by atoms with Gasteiger partial charge in [-0.3, -0.25) is 14.3 Å². The third kappa shape index (κ3) is 6.00. The van der Waals surface area contributed by atoms with Gasteiger partial charge in [0.05, 0.1) is 29.3 Å². The molecule has 1 aromatic heterocycles. The Morgan fingerprint density at radius 2 is 1.83 bits per heavy atom. The highest BCUT2D eigenvalue weighted by molar-refractivity contribution is 7.91. The van der Waals surface area contributed by atoms with Crippen LogP contribution in [0.25, 0.3) is 10.9 Å². The lowest BCUT2D eigenvalue weighted by atomic mass is 9.85. The maximum Gasteiger partial charge on any atom is 0.242 e. The molecule has 4 rings (SSSR count). The minimum atomic E-state index is -3.14. The Kier molecular flexibility index (Phi) is 7.31. The predicted octanol–water partition coefficient (Wildman–Crippen LogP) is 3.59. The first-order valence-corrected chi connectivity index (χ1v) is 14.0. The summed E-state index contributed by atoms with van der Waals surface area (Å²) in [6.07, 6.45) is 2.20. The topological polar surface area (TPSA) is 98.1 Å². The molecular weight excluding hydrogens is 481 g/mol. The monoisotopic (exact) mass is 513 g/mol. The lowest BCUT2D eigenvalue weighted by Gasteiger charge is -2.30. The molecule has 0 spiro atoms. The molecule has 0 saturated carbocycles. The van der Waals surface area contributed by atoms with Crippen molar-refractivity contribution < 1.29 is 22.4 Å².